The zero-order valence-corrected chi connectivity index (χ0v) is 15.6. The average Bonchev–Trinajstić information content (AvgIpc) is 3.18. The van der Waals surface area contributed by atoms with E-state index in [2.05, 4.69) is 36.5 Å². The third-order valence-electron chi connectivity index (χ3n) is 6.42. The molecule has 0 saturated carbocycles. The van der Waals surface area contributed by atoms with Crippen molar-refractivity contribution < 1.29 is 9.59 Å². The maximum Gasteiger partial charge on any atom is 0.245 e. The van der Waals surface area contributed by atoms with E-state index in [9.17, 15) is 9.59 Å². The van der Waals surface area contributed by atoms with Crippen LogP contribution in [0.2, 0.25) is 0 Å². The minimum atomic E-state index is -0.278. The molecule has 0 aromatic heterocycles. The van der Waals surface area contributed by atoms with E-state index in [1.807, 2.05) is 4.90 Å². The molecule has 3 aliphatic heterocycles. The van der Waals surface area contributed by atoms with E-state index in [1.54, 1.807) is 4.90 Å². The number of amides is 2. The lowest BCUT2D eigenvalue weighted by Gasteiger charge is -2.30. The first-order valence-corrected chi connectivity index (χ1v) is 9.96. The molecule has 26 heavy (non-hydrogen) atoms. The second kappa shape index (κ2) is 7.39. The Balaban J connectivity index is 1.43. The summed E-state index contributed by atoms with van der Waals surface area (Å²) in [5, 5.41) is 3.48. The summed E-state index contributed by atoms with van der Waals surface area (Å²) in [4.78, 5) is 29.4. The van der Waals surface area contributed by atoms with Crippen molar-refractivity contribution in [1.82, 2.24) is 15.1 Å². The van der Waals surface area contributed by atoms with Crippen LogP contribution in [0, 0.1) is 18.8 Å². The van der Waals surface area contributed by atoms with Gasteiger partial charge >= 0.3 is 0 Å². The van der Waals surface area contributed by atoms with Crippen LogP contribution >= 0.6 is 0 Å². The smallest absolute Gasteiger partial charge is 0.245 e. The Morgan fingerprint density at radius 1 is 1.08 bits per heavy atom. The summed E-state index contributed by atoms with van der Waals surface area (Å²) in [6.45, 7) is 6.46. The Morgan fingerprint density at radius 3 is 2.38 bits per heavy atom. The van der Waals surface area contributed by atoms with Crippen molar-refractivity contribution in [3.8, 4) is 0 Å². The fourth-order valence-corrected chi connectivity index (χ4v) is 4.73. The Labute approximate surface area is 155 Å². The summed E-state index contributed by atoms with van der Waals surface area (Å²) in [5.74, 6) is 1.69. The molecule has 3 heterocycles. The van der Waals surface area contributed by atoms with E-state index < -0.39 is 0 Å². The molecule has 2 amide bonds. The Morgan fingerprint density at radius 2 is 1.73 bits per heavy atom. The maximum absolute atomic E-state index is 13.2. The van der Waals surface area contributed by atoms with Gasteiger partial charge in [0.1, 0.15) is 6.04 Å². The van der Waals surface area contributed by atoms with E-state index in [4.69, 9.17) is 0 Å². The molecule has 0 radical (unpaired) electrons. The highest BCUT2D eigenvalue weighted by molar-refractivity contribution is 5.91. The number of nitrogens with zero attached hydrogens (tertiary/aromatic N) is 2. The monoisotopic (exact) mass is 355 g/mol. The number of nitrogens with one attached hydrogen (secondary N) is 1. The number of benzene rings is 1. The molecule has 1 aromatic carbocycles. The molecule has 1 N–H and O–H groups in total. The SMILES string of the molecule is Cc1ccc(CN2C(=O)CCC2C(=O)N2CC[C@@H]3CNC[C@@H]3CC2)cc1. The summed E-state index contributed by atoms with van der Waals surface area (Å²) in [6.07, 6.45) is 3.32. The van der Waals surface area contributed by atoms with Gasteiger partial charge in [-0.3, -0.25) is 9.59 Å². The summed E-state index contributed by atoms with van der Waals surface area (Å²) >= 11 is 0. The van der Waals surface area contributed by atoms with Crippen LogP contribution in [0.5, 0.6) is 0 Å². The van der Waals surface area contributed by atoms with E-state index in [0.29, 0.717) is 31.2 Å². The summed E-state index contributed by atoms with van der Waals surface area (Å²) in [6, 6.07) is 7.97. The molecule has 140 valence electrons. The van der Waals surface area contributed by atoms with Crippen molar-refractivity contribution in [3.05, 3.63) is 35.4 Å². The van der Waals surface area contributed by atoms with E-state index >= 15 is 0 Å². The maximum atomic E-state index is 13.2. The average molecular weight is 355 g/mol. The predicted octanol–water partition coefficient (Wildman–Crippen LogP) is 1.94. The van der Waals surface area contributed by atoms with Gasteiger partial charge in [-0.15, -0.1) is 0 Å². The lowest BCUT2D eigenvalue weighted by Crippen LogP contribution is -2.47. The Kier molecular flexibility index (Phi) is 4.98. The van der Waals surface area contributed by atoms with Crippen LogP contribution in [0.4, 0.5) is 0 Å². The van der Waals surface area contributed by atoms with Crippen molar-refractivity contribution in [2.24, 2.45) is 11.8 Å². The molecule has 3 atom stereocenters. The van der Waals surface area contributed by atoms with Crippen molar-refractivity contribution in [1.29, 1.82) is 0 Å². The van der Waals surface area contributed by atoms with Gasteiger partial charge in [0.05, 0.1) is 0 Å². The van der Waals surface area contributed by atoms with Crippen LogP contribution in [-0.2, 0) is 16.1 Å². The van der Waals surface area contributed by atoms with E-state index in [1.165, 1.54) is 5.56 Å². The highest BCUT2D eigenvalue weighted by Gasteiger charge is 2.39. The van der Waals surface area contributed by atoms with Gasteiger partial charge in [0.25, 0.3) is 0 Å². The van der Waals surface area contributed by atoms with Gasteiger partial charge < -0.3 is 15.1 Å². The van der Waals surface area contributed by atoms with Gasteiger partial charge in [-0.05, 0) is 56.7 Å². The highest BCUT2D eigenvalue weighted by atomic mass is 16.2. The largest absolute Gasteiger partial charge is 0.341 e. The van der Waals surface area contributed by atoms with Crippen LogP contribution in [0.3, 0.4) is 0 Å². The van der Waals surface area contributed by atoms with Crippen LogP contribution in [0.15, 0.2) is 24.3 Å². The summed E-state index contributed by atoms with van der Waals surface area (Å²) in [7, 11) is 0. The number of carbonyl (C=O) groups excluding carboxylic acids is 2. The first kappa shape index (κ1) is 17.5. The molecule has 3 fully saturated rings. The molecular formula is C21H29N3O2. The first-order chi connectivity index (χ1) is 12.6. The molecule has 5 nitrogen and oxygen atoms in total. The molecular weight excluding hydrogens is 326 g/mol. The Hall–Kier alpha value is -1.88. The summed E-state index contributed by atoms with van der Waals surface area (Å²) in [5.41, 5.74) is 2.30. The molecule has 1 unspecified atom stereocenters. The zero-order chi connectivity index (χ0) is 18.1. The third-order valence-corrected chi connectivity index (χ3v) is 6.42. The van der Waals surface area contributed by atoms with Crippen LogP contribution in [0.1, 0.15) is 36.8 Å². The lowest BCUT2D eigenvalue weighted by atomic mass is 9.92. The van der Waals surface area contributed by atoms with Gasteiger partial charge in [0.2, 0.25) is 11.8 Å². The predicted molar refractivity (Wildman–Crippen MR) is 100 cm³/mol. The van der Waals surface area contributed by atoms with Gasteiger partial charge in [0, 0.05) is 26.1 Å². The fraction of sp³-hybridized carbons (Fsp3) is 0.619. The van der Waals surface area contributed by atoms with Crippen LogP contribution < -0.4 is 5.32 Å². The van der Waals surface area contributed by atoms with Crippen molar-refractivity contribution in [2.45, 2.75) is 45.2 Å². The van der Waals surface area contributed by atoms with Crippen LogP contribution in [0.25, 0.3) is 0 Å². The molecule has 0 bridgehead atoms. The van der Waals surface area contributed by atoms with Gasteiger partial charge in [-0.2, -0.15) is 0 Å². The minimum absolute atomic E-state index is 0.111. The number of rotatable bonds is 3. The number of carbonyl (C=O) groups is 2. The van der Waals surface area contributed by atoms with Gasteiger partial charge in [0.15, 0.2) is 0 Å². The summed E-state index contributed by atoms with van der Waals surface area (Å²) < 4.78 is 0. The lowest BCUT2D eigenvalue weighted by molar-refractivity contribution is -0.141. The molecule has 3 aliphatic rings. The first-order valence-electron chi connectivity index (χ1n) is 9.96. The number of likely N-dealkylation sites (tertiary alicyclic amines) is 2. The third kappa shape index (κ3) is 3.50. The van der Waals surface area contributed by atoms with Gasteiger partial charge in [-0.25, -0.2) is 0 Å². The molecule has 0 spiro atoms. The van der Waals surface area contributed by atoms with Crippen molar-refractivity contribution >= 4 is 11.8 Å². The number of aryl methyl sites for hydroxylation is 1. The number of hydrogen-bond donors (Lipinski definition) is 1. The quantitative estimate of drug-likeness (QED) is 0.902. The zero-order valence-electron chi connectivity index (χ0n) is 15.6. The molecule has 1 aromatic rings. The van der Waals surface area contributed by atoms with E-state index in [-0.39, 0.29) is 17.9 Å². The standard InChI is InChI=1S/C21H29N3O2/c1-15-2-4-16(5-3-15)14-24-19(6-7-20(24)25)21(26)23-10-8-17-12-22-13-18(17)9-11-23/h2-5,17-19,22H,6-14H2,1H3/t17-,18+,19?. The molecule has 5 heteroatoms. The van der Waals surface area contributed by atoms with Gasteiger partial charge in [-0.1, -0.05) is 29.8 Å². The van der Waals surface area contributed by atoms with E-state index in [0.717, 1.165) is 44.6 Å². The van der Waals surface area contributed by atoms with Crippen molar-refractivity contribution in [3.63, 3.8) is 0 Å². The normalized spacial score (nSPS) is 29.0. The fourth-order valence-electron chi connectivity index (χ4n) is 4.73. The molecule has 0 aliphatic carbocycles. The topological polar surface area (TPSA) is 52.7 Å². The minimum Gasteiger partial charge on any atom is -0.341 e. The number of hydrogen-bond acceptors (Lipinski definition) is 3. The molecule has 4 rings (SSSR count). The second-order valence-corrected chi connectivity index (χ2v) is 8.14. The van der Waals surface area contributed by atoms with Crippen molar-refractivity contribution in [2.75, 3.05) is 26.2 Å². The van der Waals surface area contributed by atoms with Crippen LogP contribution in [-0.4, -0.2) is 53.8 Å². The highest BCUT2D eigenvalue weighted by Crippen LogP contribution is 2.29. The second-order valence-electron chi connectivity index (χ2n) is 8.14. The molecule has 3 saturated heterocycles. The Bertz CT molecular complexity index is 658. The number of fused-ring (bicyclic) bond motifs is 1.